The highest BCUT2D eigenvalue weighted by atomic mass is 79.9. The highest BCUT2D eigenvalue weighted by Crippen LogP contribution is 2.29. The molecule has 0 aliphatic carbocycles. The maximum atomic E-state index is 13.9. The molecule has 0 spiro atoms. The van der Waals surface area contributed by atoms with E-state index in [4.69, 9.17) is 0 Å². The summed E-state index contributed by atoms with van der Waals surface area (Å²) < 4.78 is 41.3. The summed E-state index contributed by atoms with van der Waals surface area (Å²) in [6.07, 6.45) is 0. The van der Waals surface area contributed by atoms with Crippen LogP contribution in [-0.4, -0.2) is 0 Å². The molecule has 0 aliphatic rings. The number of aryl methyl sites for hydroxylation is 1. The summed E-state index contributed by atoms with van der Waals surface area (Å²) in [6.45, 7) is 3.19. The third kappa shape index (κ3) is 3.15. The molecule has 0 bridgehead atoms. The van der Waals surface area contributed by atoms with Crippen LogP contribution in [0.3, 0.4) is 0 Å². The van der Waals surface area contributed by atoms with Crippen molar-refractivity contribution in [3.8, 4) is 0 Å². The van der Waals surface area contributed by atoms with Crippen LogP contribution in [0.1, 0.15) is 24.1 Å². The standard InChI is InChI=1S/C15H13BrF3N/c1-8-5-14(19)11(7-13(8)18)9(2)20-15-6-10(17)3-4-12(15)16/h3-7,9,20H,1-2H3. The van der Waals surface area contributed by atoms with Crippen molar-refractivity contribution in [2.75, 3.05) is 5.32 Å². The SMILES string of the molecule is Cc1cc(F)c(C(C)Nc2cc(F)ccc2Br)cc1F. The molecule has 1 N–H and O–H groups in total. The molecule has 0 aromatic heterocycles. The second kappa shape index (κ2) is 5.87. The molecule has 0 radical (unpaired) electrons. The van der Waals surface area contributed by atoms with Crippen molar-refractivity contribution < 1.29 is 13.2 Å². The number of rotatable bonds is 3. The first-order valence-electron chi connectivity index (χ1n) is 6.05. The van der Waals surface area contributed by atoms with Crippen LogP contribution in [0, 0.1) is 24.4 Å². The zero-order valence-corrected chi connectivity index (χ0v) is 12.6. The normalized spacial score (nSPS) is 12.3. The summed E-state index contributed by atoms with van der Waals surface area (Å²) in [4.78, 5) is 0. The highest BCUT2D eigenvalue weighted by molar-refractivity contribution is 9.10. The van der Waals surface area contributed by atoms with Gasteiger partial charge in [0.05, 0.1) is 11.7 Å². The topological polar surface area (TPSA) is 12.0 Å². The molecule has 1 unspecified atom stereocenters. The number of benzene rings is 2. The van der Waals surface area contributed by atoms with Gasteiger partial charge >= 0.3 is 0 Å². The molecule has 2 aromatic rings. The lowest BCUT2D eigenvalue weighted by Crippen LogP contribution is -2.10. The molecule has 5 heteroatoms. The molecule has 0 fully saturated rings. The monoisotopic (exact) mass is 343 g/mol. The number of halogens is 4. The zero-order chi connectivity index (χ0) is 14.9. The maximum absolute atomic E-state index is 13.9. The average molecular weight is 344 g/mol. The van der Waals surface area contributed by atoms with Crippen LogP contribution < -0.4 is 5.32 Å². The lowest BCUT2D eigenvalue weighted by molar-refractivity contribution is 0.571. The Labute approximate surface area is 123 Å². The molecule has 20 heavy (non-hydrogen) atoms. The van der Waals surface area contributed by atoms with Gasteiger partial charge in [0.25, 0.3) is 0 Å². The summed E-state index contributed by atoms with van der Waals surface area (Å²) in [5.41, 5.74) is 0.938. The third-order valence-corrected chi connectivity index (χ3v) is 3.74. The van der Waals surface area contributed by atoms with Crippen LogP contribution in [0.4, 0.5) is 18.9 Å². The molecule has 0 heterocycles. The van der Waals surface area contributed by atoms with Gasteiger partial charge in [-0.15, -0.1) is 0 Å². The van der Waals surface area contributed by atoms with Gasteiger partial charge in [-0.05, 0) is 65.7 Å². The number of anilines is 1. The van der Waals surface area contributed by atoms with E-state index in [1.54, 1.807) is 13.0 Å². The van der Waals surface area contributed by atoms with Crippen molar-refractivity contribution in [1.82, 2.24) is 0 Å². The van der Waals surface area contributed by atoms with E-state index < -0.39 is 23.5 Å². The van der Waals surface area contributed by atoms with Crippen LogP contribution >= 0.6 is 15.9 Å². The molecular formula is C15H13BrF3N. The van der Waals surface area contributed by atoms with E-state index in [-0.39, 0.29) is 11.1 Å². The summed E-state index contributed by atoms with van der Waals surface area (Å²) >= 11 is 3.28. The van der Waals surface area contributed by atoms with Crippen LogP contribution in [0.5, 0.6) is 0 Å². The van der Waals surface area contributed by atoms with Gasteiger partial charge < -0.3 is 5.32 Å². The van der Waals surface area contributed by atoms with Crippen molar-refractivity contribution in [3.63, 3.8) is 0 Å². The largest absolute Gasteiger partial charge is 0.377 e. The molecule has 0 saturated carbocycles. The summed E-state index contributed by atoms with van der Waals surface area (Å²) in [5, 5.41) is 2.96. The quantitative estimate of drug-likeness (QED) is 0.792. The van der Waals surface area contributed by atoms with Crippen molar-refractivity contribution >= 4 is 21.6 Å². The van der Waals surface area contributed by atoms with Crippen LogP contribution in [0.15, 0.2) is 34.8 Å². The molecule has 1 nitrogen and oxygen atoms in total. The highest BCUT2D eigenvalue weighted by Gasteiger charge is 2.15. The predicted molar refractivity (Wildman–Crippen MR) is 77.2 cm³/mol. The van der Waals surface area contributed by atoms with Gasteiger partial charge in [0.2, 0.25) is 0 Å². The van der Waals surface area contributed by atoms with E-state index in [9.17, 15) is 13.2 Å². The fraction of sp³-hybridized carbons (Fsp3) is 0.200. The van der Waals surface area contributed by atoms with Gasteiger partial charge in [0, 0.05) is 10.0 Å². The first-order valence-corrected chi connectivity index (χ1v) is 6.85. The Bertz CT molecular complexity index is 643. The summed E-state index contributed by atoms with van der Waals surface area (Å²) in [7, 11) is 0. The van der Waals surface area contributed by atoms with Crippen molar-refractivity contribution in [3.05, 3.63) is 63.4 Å². The Morgan fingerprint density at radius 3 is 2.45 bits per heavy atom. The molecule has 0 amide bonds. The maximum Gasteiger partial charge on any atom is 0.128 e. The van der Waals surface area contributed by atoms with Crippen molar-refractivity contribution in [1.29, 1.82) is 0 Å². The molecular weight excluding hydrogens is 331 g/mol. The third-order valence-electron chi connectivity index (χ3n) is 3.04. The van der Waals surface area contributed by atoms with Gasteiger partial charge in [0.15, 0.2) is 0 Å². The number of nitrogens with one attached hydrogen (secondary N) is 1. The smallest absolute Gasteiger partial charge is 0.128 e. The minimum Gasteiger partial charge on any atom is -0.377 e. The van der Waals surface area contributed by atoms with Crippen molar-refractivity contribution in [2.24, 2.45) is 0 Å². The van der Waals surface area contributed by atoms with E-state index in [0.717, 1.165) is 12.1 Å². The lowest BCUT2D eigenvalue weighted by atomic mass is 10.0. The van der Waals surface area contributed by atoms with Crippen LogP contribution in [0.2, 0.25) is 0 Å². The average Bonchev–Trinajstić information content (AvgIpc) is 2.38. The first-order chi connectivity index (χ1) is 9.38. The molecule has 106 valence electrons. The lowest BCUT2D eigenvalue weighted by Gasteiger charge is -2.18. The second-order valence-corrected chi connectivity index (χ2v) is 5.47. The Morgan fingerprint density at radius 1 is 1.05 bits per heavy atom. The van der Waals surface area contributed by atoms with Crippen molar-refractivity contribution in [2.45, 2.75) is 19.9 Å². The molecule has 1 atom stereocenters. The van der Waals surface area contributed by atoms with Gasteiger partial charge in [0.1, 0.15) is 17.5 Å². The fourth-order valence-corrected chi connectivity index (χ4v) is 2.27. The van der Waals surface area contributed by atoms with Gasteiger partial charge in [-0.3, -0.25) is 0 Å². The fourth-order valence-electron chi connectivity index (χ4n) is 1.91. The molecule has 2 rings (SSSR count). The number of hydrogen-bond acceptors (Lipinski definition) is 1. The Kier molecular flexibility index (Phi) is 4.38. The second-order valence-electron chi connectivity index (χ2n) is 4.61. The van der Waals surface area contributed by atoms with Crippen LogP contribution in [-0.2, 0) is 0 Å². The van der Waals surface area contributed by atoms with Gasteiger partial charge in [-0.25, -0.2) is 13.2 Å². The number of hydrogen-bond donors (Lipinski definition) is 1. The Hall–Kier alpha value is -1.49. The summed E-state index contributed by atoms with van der Waals surface area (Å²) in [6, 6.07) is 5.98. The Balaban J connectivity index is 2.30. The van der Waals surface area contributed by atoms with Crippen LogP contribution in [0.25, 0.3) is 0 Å². The summed E-state index contributed by atoms with van der Waals surface area (Å²) in [5.74, 6) is -1.36. The van der Waals surface area contributed by atoms with E-state index in [1.807, 2.05) is 0 Å². The van der Waals surface area contributed by atoms with Gasteiger partial charge in [-0.1, -0.05) is 0 Å². The minimum atomic E-state index is -0.497. The van der Waals surface area contributed by atoms with E-state index in [1.165, 1.54) is 19.1 Å². The van der Waals surface area contributed by atoms with Gasteiger partial charge in [-0.2, -0.15) is 0 Å². The zero-order valence-electron chi connectivity index (χ0n) is 11.0. The first kappa shape index (κ1) is 14.9. The molecule has 0 aliphatic heterocycles. The molecule has 0 saturated heterocycles. The van der Waals surface area contributed by atoms with E-state index in [2.05, 4.69) is 21.2 Å². The minimum absolute atomic E-state index is 0.198. The Morgan fingerprint density at radius 2 is 1.75 bits per heavy atom. The molecule has 2 aromatic carbocycles. The van der Waals surface area contributed by atoms with E-state index >= 15 is 0 Å². The van der Waals surface area contributed by atoms with E-state index in [0.29, 0.717) is 10.2 Å². The predicted octanol–water partition coefficient (Wildman–Crippen LogP) is 5.35.